The van der Waals surface area contributed by atoms with Crippen LogP contribution in [0.15, 0.2) is 48.5 Å². The average molecular weight is 513 g/mol. The molecular formula is C25H28N4O8. The fourth-order valence-corrected chi connectivity index (χ4v) is 3.00. The van der Waals surface area contributed by atoms with Crippen LogP contribution >= 0.6 is 0 Å². The van der Waals surface area contributed by atoms with Gasteiger partial charge < -0.3 is 20.1 Å². The van der Waals surface area contributed by atoms with Crippen LogP contribution in [0.1, 0.15) is 42.3 Å². The molecule has 0 radical (unpaired) electrons. The average Bonchev–Trinajstić information content (AvgIpc) is 2.87. The Morgan fingerprint density at radius 2 is 1.46 bits per heavy atom. The van der Waals surface area contributed by atoms with Crippen LogP contribution in [0, 0.1) is 11.8 Å². The zero-order chi connectivity index (χ0) is 27.6. The summed E-state index contributed by atoms with van der Waals surface area (Å²) in [5, 5.41) is 29.4. The summed E-state index contributed by atoms with van der Waals surface area (Å²) < 4.78 is 5.18. The summed E-state index contributed by atoms with van der Waals surface area (Å²) in [5.41, 5.74) is 3.54. The van der Waals surface area contributed by atoms with E-state index in [9.17, 15) is 24.3 Å². The summed E-state index contributed by atoms with van der Waals surface area (Å²) in [4.78, 5) is 48.4. The van der Waals surface area contributed by atoms with Gasteiger partial charge in [0.1, 0.15) is 11.8 Å². The lowest BCUT2D eigenvalue weighted by molar-refractivity contribution is -0.132. The first-order valence-corrected chi connectivity index (χ1v) is 11.0. The SMILES string of the molecule is CC(C)(C)N(C[C@H](NC(=O)c1ccc(C#Cc2ccc(OCC(=O)NO)cc2)cc1)C(=O)NO)C(=O)O. The Labute approximate surface area is 213 Å². The van der Waals surface area contributed by atoms with E-state index >= 15 is 0 Å². The second-order valence-corrected chi connectivity index (χ2v) is 8.74. The van der Waals surface area contributed by atoms with Gasteiger partial charge in [0.2, 0.25) is 0 Å². The van der Waals surface area contributed by atoms with Gasteiger partial charge in [0, 0.05) is 22.2 Å². The Balaban J connectivity index is 2.07. The summed E-state index contributed by atoms with van der Waals surface area (Å²) in [5.74, 6) is 4.03. The maximum Gasteiger partial charge on any atom is 0.407 e. The van der Waals surface area contributed by atoms with Crippen LogP contribution in [0.3, 0.4) is 0 Å². The minimum Gasteiger partial charge on any atom is -0.484 e. The first-order valence-electron chi connectivity index (χ1n) is 11.0. The molecule has 196 valence electrons. The van der Waals surface area contributed by atoms with E-state index in [1.54, 1.807) is 57.2 Å². The fourth-order valence-electron chi connectivity index (χ4n) is 3.00. The van der Waals surface area contributed by atoms with Crippen molar-refractivity contribution >= 4 is 23.8 Å². The molecule has 0 aliphatic heterocycles. The van der Waals surface area contributed by atoms with Gasteiger partial charge in [-0.1, -0.05) is 11.8 Å². The van der Waals surface area contributed by atoms with Crippen LogP contribution in [0.5, 0.6) is 5.75 Å². The molecule has 0 fully saturated rings. The molecule has 0 heterocycles. The first kappa shape index (κ1) is 28.6. The summed E-state index contributed by atoms with van der Waals surface area (Å²) >= 11 is 0. The van der Waals surface area contributed by atoms with Crippen molar-refractivity contribution in [3.05, 3.63) is 65.2 Å². The number of nitrogens with zero attached hydrogens (tertiary/aromatic N) is 1. The molecule has 0 spiro atoms. The maximum absolute atomic E-state index is 12.7. The molecule has 0 aliphatic carbocycles. The van der Waals surface area contributed by atoms with Gasteiger partial charge in [0.05, 0.1) is 6.54 Å². The van der Waals surface area contributed by atoms with E-state index in [0.29, 0.717) is 16.9 Å². The molecule has 1 atom stereocenters. The van der Waals surface area contributed by atoms with E-state index in [0.717, 1.165) is 4.90 Å². The van der Waals surface area contributed by atoms with Crippen molar-refractivity contribution in [2.75, 3.05) is 13.2 Å². The minimum atomic E-state index is -1.34. The first-order chi connectivity index (χ1) is 17.4. The monoisotopic (exact) mass is 512 g/mol. The summed E-state index contributed by atoms with van der Waals surface area (Å²) in [6.45, 7) is 4.20. The van der Waals surface area contributed by atoms with E-state index in [-0.39, 0.29) is 18.7 Å². The van der Waals surface area contributed by atoms with Gasteiger partial charge in [-0.3, -0.25) is 24.8 Å². The highest BCUT2D eigenvalue weighted by Gasteiger charge is 2.32. The van der Waals surface area contributed by atoms with Crippen LogP contribution < -0.4 is 21.0 Å². The number of nitrogens with one attached hydrogen (secondary N) is 3. The molecular weight excluding hydrogens is 484 g/mol. The molecule has 0 bridgehead atoms. The van der Waals surface area contributed by atoms with Gasteiger partial charge in [0.25, 0.3) is 17.7 Å². The summed E-state index contributed by atoms with van der Waals surface area (Å²) in [7, 11) is 0. The van der Waals surface area contributed by atoms with Gasteiger partial charge in [0.15, 0.2) is 6.61 Å². The van der Waals surface area contributed by atoms with Gasteiger partial charge in [-0.05, 0) is 69.3 Å². The van der Waals surface area contributed by atoms with Gasteiger partial charge in [-0.25, -0.2) is 15.8 Å². The highest BCUT2D eigenvalue weighted by molar-refractivity contribution is 5.97. The van der Waals surface area contributed by atoms with Crippen molar-refractivity contribution in [3.8, 4) is 17.6 Å². The quantitative estimate of drug-likeness (QED) is 0.174. The molecule has 2 rings (SSSR count). The number of ether oxygens (including phenoxy) is 1. The molecule has 0 aromatic heterocycles. The molecule has 0 saturated carbocycles. The van der Waals surface area contributed by atoms with E-state index in [2.05, 4.69) is 17.2 Å². The van der Waals surface area contributed by atoms with Gasteiger partial charge in [-0.15, -0.1) is 0 Å². The largest absolute Gasteiger partial charge is 0.484 e. The number of rotatable bonds is 8. The molecule has 12 heteroatoms. The molecule has 0 saturated heterocycles. The standard InChI is InChI=1S/C25H28N4O8/c1-25(2,3)29(24(33)34)14-20(23(32)28-36)26-22(31)18-10-6-16(7-11-18)4-5-17-8-12-19(13-9-17)37-15-21(30)27-35/h6-13,20,35-36H,14-15H2,1-3H3,(H,26,31)(H,27,30)(H,28,32)(H,33,34)/t20-/m0/s1. The van der Waals surface area contributed by atoms with Crippen molar-refractivity contribution in [1.82, 2.24) is 21.2 Å². The minimum absolute atomic E-state index is 0.201. The Morgan fingerprint density at radius 1 is 0.919 bits per heavy atom. The predicted octanol–water partition coefficient (Wildman–Crippen LogP) is 1.35. The van der Waals surface area contributed by atoms with Crippen LogP contribution in [-0.4, -0.2) is 69.0 Å². The molecule has 6 N–H and O–H groups in total. The lowest BCUT2D eigenvalue weighted by Crippen LogP contribution is -2.57. The number of carbonyl (C=O) groups is 4. The third kappa shape index (κ3) is 8.84. The van der Waals surface area contributed by atoms with Gasteiger partial charge >= 0.3 is 6.09 Å². The maximum atomic E-state index is 12.7. The zero-order valence-electron chi connectivity index (χ0n) is 20.4. The molecule has 2 aromatic rings. The third-order valence-electron chi connectivity index (χ3n) is 4.99. The molecule has 12 nitrogen and oxygen atoms in total. The van der Waals surface area contributed by atoms with Crippen LogP contribution in [0.4, 0.5) is 4.79 Å². The van der Waals surface area contributed by atoms with Crippen molar-refractivity contribution < 1.29 is 39.4 Å². The molecule has 37 heavy (non-hydrogen) atoms. The smallest absolute Gasteiger partial charge is 0.407 e. The number of hydrogen-bond donors (Lipinski definition) is 6. The van der Waals surface area contributed by atoms with Crippen molar-refractivity contribution in [2.45, 2.75) is 32.4 Å². The molecule has 0 unspecified atom stereocenters. The fraction of sp³-hybridized carbons (Fsp3) is 0.280. The number of benzene rings is 2. The Morgan fingerprint density at radius 3 is 1.92 bits per heavy atom. The summed E-state index contributed by atoms with van der Waals surface area (Å²) in [6.07, 6.45) is -1.28. The van der Waals surface area contributed by atoms with Crippen molar-refractivity contribution in [1.29, 1.82) is 0 Å². The van der Waals surface area contributed by atoms with Crippen LogP contribution in [0.2, 0.25) is 0 Å². The van der Waals surface area contributed by atoms with E-state index in [1.165, 1.54) is 23.1 Å². The number of amides is 4. The van der Waals surface area contributed by atoms with Crippen LogP contribution in [0.25, 0.3) is 0 Å². The number of hydrogen-bond acceptors (Lipinski definition) is 7. The predicted molar refractivity (Wildman–Crippen MR) is 130 cm³/mol. The number of hydroxylamine groups is 2. The van der Waals surface area contributed by atoms with E-state index in [4.69, 9.17) is 15.2 Å². The third-order valence-corrected chi connectivity index (χ3v) is 4.99. The zero-order valence-corrected chi connectivity index (χ0v) is 20.4. The molecule has 0 aliphatic rings. The molecule has 2 aromatic carbocycles. The second-order valence-electron chi connectivity index (χ2n) is 8.74. The Kier molecular flexibility index (Phi) is 10.00. The van der Waals surface area contributed by atoms with Crippen molar-refractivity contribution in [3.63, 3.8) is 0 Å². The van der Waals surface area contributed by atoms with Crippen molar-refractivity contribution in [2.24, 2.45) is 0 Å². The lowest BCUT2D eigenvalue weighted by Gasteiger charge is -2.35. The number of carbonyl (C=O) groups excluding carboxylic acids is 3. The highest BCUT2D eigenvalue weighted by Crippen LogP contribution is 2.15. The molecule has 4 amide bonds. The Hall–Kier alpha value is -4.60. The van der Waals surface area contributed by atoms with E-state index in [1.807, 2.05) is 0 Å². The van der Waals surface area contributed by atoms with E-state index < -0.39 is 35.4 Å². The van der Waals surface area contributed by atoms with Gasteiger partial charge in [-0.2, -0.15) is 0 Å². The summed E-state index contributed by atoms with van der Waals surface area (Å²) in [6, 6.07) is 11.5. The number of carboxylic acid groups (broad SMARTS) is 1. The normalized spacial score (nSPS) is 11.3. The topological polar surface area (TPSA) is 178 Å². The van der Waals surface area contributed by atoms with Crippen LogP contribution in [-0.2, 0) is 9.59 Å². The highest BCUT2D eigenvalue weighted by atomic mass is 16.5. The second kappa shape index (κ2) is 12.9. The lowest BCUT2D eigenvalue weighted by atomic mass is 10.0. The Bertz CT molecular complexity index is 1180.